The number of H-pyrrole nitrogens is 1. The Morgan fingerprint density at radius 3 is 2.87 bits per heavy atom. The number of amides is 1. The first-order chi connectivity index (χ1) is 14.9. The molecule has 0 unspecified atom stereocenters. The summed E-state index contributed by atoms with van der Waals surface area (Å²) in [5.41, 5.74) is 3.67. The molecule has 0 aliphatic carbocycles. The van der Waals surface area contributed by atoms with Gasteiger partial charge in [-0.1, -0.05) is 0 Å². The highest BCUT2D eigenvalue weighted by Crippen LogP contribution is 2.39. The van der Waals surface area contributed by atoms with Crippen LogP contribution >= 0.6 is 0 Å². The van der Waals surface area contributed by atoms with Gasteiger partial charge in [-0.3, -0.25) is 9.36 Å². The van der Waals surface area contributed by atoms with Gasteiger partial charge in [0.2, 0.25) is 0 Å². The number of phenolic OH excluding ortho intramolecular Hbond substituents is 1. The molecule has 2 aliphatic rings. The minimum Gasteiger partial charge on any atom is -0.504 e. The molecule has 0 atom stereocenters. The lowest BCUT2D eigenvalue weighted by molar-refractivity contribution is -0.0373. The molecule has 2 aliphatic heterocycles. The maximum absolute atomic E-state index is 13.7. The summed E-state index contributed by atoms with van der Waals surface area (Å²) in [4.78, 5) is 23.4. The number of aromatic amines is 1. The van der Waals surface area contributed by atoms with Crippen LogP contribution < -0.4 is 4.74 Å². The fourth-order valence-electron chi connectivity index (χ4n) is 4.56. The van der Waals surface area contributed by atoms with Crippen LogP contribution in [0.1, 0.15) is 35.6 Å². The Bertz CT molecular complexity index is 1150. The van der Waals surface area contributed by atoms with Crippen LogP contribution in [0, 0.1) is 0 Å². The molecule has 2 aromatic heterocycles. The molecule has 2 N–H and O–H groups in total. The van der Waals surface area contributed by atoms with Gasteiger partial charge < -0.3 is 24.5 Å². The largest absolute Gasteiger partial charge is 0.504 e. The van der Waals surface area contributed by atoms with E-state index in [1.54, 1.807) is 13.2 Å². The van der Waals surface area contributed by atoms with Gasteiger partial charge in [0, 0.05) is 30.6 Å². The number of rotatable bonds is 3. The van der Waals surface area contributed by atoms with Gasteiger partial charge in [-0.2, -0.15) is 0 Å². The first kappa shape index (κ1) is 19.7. The molecule has 4 heterocycles. The number of nitrogens with zero attached hydrogens (tertiary/aromatic N) is 3. The van der Waals surface area contributed by atoms with Crippen LogP contribution in [0.2, 0.25) is 0 Å². The predicted octanol–water partition coefficient (Wildman–Crippen LogP) is 2.93. The van der Waals surface area contributed by atoms with Gasteiger partial charge in [0.25, 0.3) is 5.91 Å². The summed E-state index contributed by atoms with van der Waals surface area (Å²) in [6.07, 6.45) is 5.10. The molecule has 1 aromatic carbocycles. The Balaban J connectivity index is 1.69. The van der Waals surface area contributed by atoms with E-state index in [-0.39, 0.29) is 11.7 Å². The molecule has 162 valence electrons. The lowest BCUT2D eigenvalue weighted by atomic mass is 9.98. The van der Waals surface area contributed by atoms with Crippen LogP contribution in [-0.4, -0.2) is 62.9 Å². The summed E-state index contributed by atoms with van der Waals surface area (Å²) < 4.78 is 12.9. The topological polar surface area (TPSA) is 92.6 Å². The number of benzene rings is 1. The van der Waals surface area contributed by atoms with E-state index in [0.29, 0.717) is 43.4 Å². The summed E-state index contributed by atoms with van der Waals surface area (Å²) in [6, 6.07) is 5.49. The van der Waals surface area contributed by atoms with Gasteiger partial charge in [-0.05, 0) is 44.4 Å². The number of carbonyl (C=O) groups excluding carboxylic acids is 1. The maximum atomic E-state index is 13.7. The van der Waals surface area contributed by atoms with E-state index in [0.717, 1.165) is 28.9 Å². The standard InChI is InChI=1S/C23H26N4O4/c1-23(2)13-31-9-8-26(23)22(29)20-16-5-4-14-10-19(30-3)18(28)11-17(14)27(16)21(25-20)15-6-7-24-12-15/h6-7,10-12,24,28H,4-5,8-9,13H2,1-3H3. The fourth-order valence-corrected chi connectivity index (χ4v) is 4.56. The first-order valence-corrected chi connectivity index (χ1v) is 10.5. The van der Waals surface area contributed by atoms with E-state index in [2.05, 4.69) is 4.98 Å². The Morgan fingerprint density at radius 2 is 2.16 bits per heavy atom. The number of nitrogens with one attached hydrogen (secondary N) is 1. The number of phenols is 1. The van der Waals surface area contributed by atoms with Crippen molar-refractivity contribution in [3.8, 4) is 28.6 Å². The summed E-state index contributed by atoms with van der Waals surface area (Å²) in [5, 5.41) is 10.4. The molecule has 8 heteroatoms. The fraction of sp³-hybridized carbons (Fsp3) is 0.391. The molecule has 0 radical (unpaired) electrons. The van der Waals surface area contributed by atoms with Crippen molar-refractivity contribution >= 4 is 5.91 Å². The molecule has 3 aromatic rings. The molecular formula is C23H26N4O4. The highest BCUT2D eigenvalue weighted by atomic mass is 16.5. The highest BCUT2D eigenvalue weighted by Gasteiger charge is 2.38. The average Bonchev–Trinajstić information content (AvgIpc) is 3.40. The number of methoxy groups -OCH3 is 1. The van der Waals surface area contributed by atoms with Crippen molar-refractivity contribution in [2.75, 3.05) is 26.9 Å². The number of hydrogen-bond acceptors (Lipinski definition) is 5. The van der Waals surface area contributed by atoms with Crippen molar-refractivity contribution in [1.82, 2.24) is 19.4 Å². The number of aromatic hydroxyl groups is 1. The predicted molar refractivity (Wildman–Crippen MR) is 115 cm³/mol. The van der Waals surface area contributed by atoms with Crippen molar-refractivity contribution in [3.05, 3.63) is 47.5 Å². The summed E-state index contributed by atoms with van der Waals surface area (Å²) >= 11 is 0. The monoisotopic (exact) mass is 422 g/mol. The van der Waals surface area contributed by atoms with Crippen molar-refractivity contribution in [3.63, 3.8) is 0 Å². The van der Waals surface area contributed by atoms with E-state index in [1.807, 2.05) is 47.8 Å². The molecule has 5 rings (SSSR count). The van der Waals surface area contributed by atoms with Gasteiger partial charge in [-0.25, -0.2) is 4.98 Å². The molecule has 0 spiro atoms. The van der Waals surface area contributed by atoms with E-state index in [4.69, 9.17) is 14.5 Å². The van der Waals surface area contributed by atoms with Gasteiger partial charge >= 0.3 is 0 Å². The van der Waals surface area contributed by atoms with Gasteiger partial charge in [0.05, 0.1) is 37.2 Å². The molecule has 1 fully saturated rings. The van der Waals surface area contributed by atoms with E-state index in [9.17, 15) is 9.90 Å². The second-order valence-corrected chi connectivity index (χ2v) is 8.64. The van der Waals surface area contributed by atoms with E-state index in [1.165, 1.54) is 0 Å². The third-order valence-corrected chi connectivity index (χ3v) is 6.17. The van der Waals surface area contributed by atoms with Crippen molar-refractivity contribution in [1.29, 1.82) is 0 Å². The normalized spacial score (nSPS) is 17.2. The number of fused-ring (bicyclic) bond motifs is 3. The highest BCUT2D eigenvalue weighted by molar-refractivity contribution is 5.95. The molecule has 1 amide bonds. The van der Waals surface area contributed by atoms with Crippen molar-refractivity contribution in [2.24, 2.45) is 0 Å². The molecule has 31 heavy (non-hydrogen) atoms. The lowest BCUT2D eigenvalue weighted by Gasteiger charge is -2.41. The zero-order valence-corrected chi connectivity index (χ0v) is 17.9. The van der Waals surface area contributed by atoms with Gasteiger partial charge in [0.1, 0.15) is 5.82 Å². The molecule has 1 saturated heterocycles. The third kappa shape index (κ3) is 3.09. The number of carbonyl (C=O) groups is 1. The third-order valence-electron chi connectivity index (χ3n) is 6.17. The van der Waals surface area contributed by atoms with Crippen LogP contribution in [-0.2, 0) is 17.6 Å². The van der Waals surface area contributed by atoms with Gasteiger partial charge in [0.15, 0.2) is 17.2 Å². The number of hydrogen-bond donors (Lipinski definition) is 2. The zero-order valence-electron chi connectivity index (χ0n) is 17.9. The second kappa shape index (κ2) is 7.16. The number of imidazole rings is 1. The van der Waals surface area contributed by atoms with Crippen LogP contribution in [0.4, 0.5) is 0 Å². The Labute approximate surface area is 180 Å². The van der Waals surface area contributed by atoms with Crippen molar-refractivity contribution in [2.45, 2.75) is 32.2 Å². The summed E-state index contributed by atoms with van der Waals surface area (Å²) in [6.45, 7) is 5.58. The molecule has 0 bridgehead atoms. The molecular weight excluding hydrogens is 396 g/mol. The Morgan fingerprint density at radius 1 is 1.32 bits per heavy atom. The Kier molecular flexibility index (Phi) is 4.55. The maximum Gasteiger partial charge on any atom is 0.274 e. The SMILES string of the molecule is COc1cc2c(cc1O)-n1c(-c3cc[nH]c3)nc(C(=O)N3CCOCC3(C)C)c1CC2. The number of aryl methyl sites for hydroxylation is 1. The second-order valence-electron chi connectivity index (χ2n) is 8.64. The molecule has 8 nitrogen and oxygen atoms in total. The van der Waals surface area contributed by atoms with E-state index < -0.39 is 5.54 Å². The number of ether oxygens (including phenoxy) is 2. The molecule has 0 saturated carbocycles. The summed E-state index contributed by atoms with van der Waals surface area (Å²) in [7, 11) is 1.54. The summed E-state index contributed by atoms with van der Waals surface area (Å²) in [5.74, 6) is 1.10. The van der Waals surface area contributed by atoms with Crippen LogP contribution in [0.5, 0.6) is 11.5 Å². The van der Waals surface area contributed by atoms with Crippen molar-refractivity contribution < 1.29 is 19.4 Å². The number of aromatic nitrogens is 3. The lowest BCUT2D eigenvalue weighted by Crippen LogP contribution is -2.55. The minimum atomic E-state index is -0.404. The zero-order chi connectivity index (χ0) is 21.8. The quantitative estimate of drug-likeness (QED) is 0.677. The first-order valence-electron chi connectivity index (χ1n) is 10.5. The van der Waals surface area contributed by atoms with E-state index >= 15 is 0 Å². The van der Waals surface area contributed by atoms with Crippen LogP contribution in [0.25, 0.3) is 17.1 Å². The Hall–Kier alpha value is -3.26. The van der Waals surface area contributed by atoms with Crippen LogP contribution in [0.3, 0.4) is 0 Å². The van der Waals surface area contributed by atoms with Gasteiger partial charge in [-0.15, -0.1) is 0 Å². The minimum absolute atomic E-state index is 0.0602. The number of morpholine rings is 1. The van der Waals surface area contributed by atoms with Crippen LogP contribution in [0.15, 0.2) is 30.6 Å². The average molecular weight is 422 g/mol. The smallest absolute Gasteiger partial charge is 0.274 e.